The highest BCUT2D eigenvalue weighted by molar-refractivity contribution is 5.41. The van der Waals surface area contributed by atoms with Crippen LogP contribution >= 0.6 is 0 Å². The SMILES string of the molecule is CC1(C)CCN(Nc2ccccc2)CC1. The lowest BCUT2D eigenvalue weighted by atomic mass is 9.83. The molecule has 1 aliphatic rings. The molecule has 0 radical (unpaired) electrons. The van der Waals surface area contributed by atoms with E-state index in [0.717, 1.165) is 13.1 Å². The second-order valence-corrected chi connectivity index (χ2v) is 5.13. The lowest BCUT2D eigenvalue weighted by molar-refractivity contribution is 0.155. The molecular formula is C13H20N2. The van der Waals surface area contributed by atoms with Gasteiger partial charge in [0.25, 0.3) is 0 Å². The summed E-state index contributed by atoms with van der Waals surface area (Å²) in [6.07, 6.45) is 2.54. The largest absolute Gasteiger partial charge is 0.319 e. The average Bonchev–Trinajstić information content (AvgIpc) is 2.23. The highest BCUT2D eigenvalue weighted by Gasteiger charge is 2.24. The van der Waals surface area contributed by atoms with E-state index in [0.29, 0.717) is 5.41 Å². The molecule has 0 spiro atoms. The van der Waals surface area contributed by atoms with Crippen molar-refractivity contribution in [1.82, 2.24) is 5.01 Å². The van der Waals surface area contributed by atoms with Crippen LogP contribution in [0.15, 0.2) is 30.3 Å². The molecule has 1 aromatic rings. The van der Waals surface area contributed by atoms with Crippen molar-refractivity contribution in [1.29, 1.82) is 0 Å². The van der Waals surface area contributed by atoms with E-state index in [1.54, 1.807) is 0 Å². The molecule has 1 saturated heterocycles. The lowest BCUT2D eigenvalue weighted by Crippen LogP contribution is -2.40. The fourth-order valence-electron chi connectivity index (χ4n) is 1.92. The fraction of sp³-hybridized carbons (Fsp3) is 0.538. The first kappa shape index (κ1) is 10.5. The Morgan fingerprint density at radius 2 is 1.67 bits per heavy atom. The van der Waals surface area contributed by atoms with E-state index in [1.165, 1.54) is 18.5 Å². The van der Waals surface area contributed by atoms with E-state index in [1.807, 2.05) is 6.07 Å². The van der Waals surface area contributed by atoms with Gasteiger partial charge >= 0.3 is 0 Å². The van der Waals surface area contributed by atoms with E-state index in [4.69, 9.17) is 0 Å². The zero-order valence-electron chi connectivity index (χ0n) is 9.66. The summed E-state index contributed by atoms with van der Waals surface area (Å²) in [6.45, 7) is 6.99. The highest BCUT2D eigenvalue weighted by atomic mass is 15.5. The Bertz CT molecular complexity index is 296. The van der Waals surface area contributed by atoms with Crippen LogP contribution in [-0.2, 0) is 0 Å². The van der Waals surface area contributed by atoms with Crippen LogP contribution in [0.5, 0.6) is 0 Å². The number of rotatable bonds is 2. The van der Waals surface area contributed by atoms with Gasteiger partial charge in [0.15, 0.2) is 0 Å². The minimum absolute atomic E-state index is 0.523. The monoisotopic (exact) mass is 204 g/mol. The molecule has 2 rings (SSSR count). The number of para-hydroxylation sites is 1. The number of hydrogen-bond acceptors (Lipinski definition) is 2. The van der Waals surface area contributed by atoms with Crippen LogP contribution < -0.4 is 5.43 Å². The third kappa shape index (κ3) is 2.96. The summed E-state index contributed by atoms with van der Waals surface area (Å²) in [5, 5.41) is 2.32. The molecule has 0 aromatic heterocycles. The van der Waals surface area contributed by atoms with Gasteiger partial charge in [-0.05, 0) is 30.4 Å². The molecule has 0 amide bonds. The van der Waals surface area contributed by atoms with Crippen molar-refractivity contribution < 1.29 is 0 Å². The zero-order chi connectivity index (χ0) is 10.7. The molecule has 0 bridgehead atoms. The Hall–Kier alpha value is -1.02. The third-order valence-electron chi connectivity index (χ3n) is 3.18. The predicted molar refractivity (Wildman–Crippen MR) is 64.7 cm³/mol. The summed E-state index contributed by atoms with van der Waals surface area (Å²) in [4.78, 5) is 0. The highest BCUT2D eigenvalue weighted by Crippen LogP contribution is 2.29. The Labute approximate surface area is 92.3 Å². The summed E-state index contributed by atoms with van der Waals surface area (Å²) < 4.78 is 0. The van der Waals surface area contributed by atoms with Gasteiger partial charge < -0.3 is 5.43 Å². The van der Waals surface area contributed by atoms with Gasteiger partial charge in [-0.2, -0.15) is 0 Å². The third-order valence-corrected chi connectivity index (χ3v) is 3.18. The molecule has 1 N–H and O–H groups in total. The first-order chi connectivity index (χ1) is 7.16. The zero-order valence-corrected chi connectivity index (χ0v) is 9.66. The molecule has 1 heterocycles. The van der Waals surface area contributed by atoms with Crippen LogP contribution in [0, 0.1) is 5.41 Å². The van der Waals surface area contributed by atoms with Crippen molar-refractivity contribution in [2.75, 3.05) is 18.5 Å². The van der Waals surface area contributed by atoms with E-state index >= 15 is 0 Å². The second-order valence-electron chi connectivity index (χ2n) is 5.13. The van der Waals surface area contributed by atoms with Crippen molar-refractivity contribution in [2.45, 2.75) is 26.7 Å². The van der Waals surface area contributed by atoms with Crippen molar-refractivity contribution >= 4 is 5.69 Å². The standard InChI is InChI=1S/C13H20N2/c1-13(2)8-10-15(11-9-13)14-12-6-4-3-5-7-12/h3-7,14H,8-11H2,1-2H3. The first-order valence-corrected chi connectivity index (χ1v) is 5.72. The summed E-state index contributed by atoms with van der Waals surface area (Å²) >= 11 is 0. The Balaban J connectivity index is 1.88. The van der Waals surface area contributed by atoms with Gasteiger partial charge in [-0.3, -0.25) is 0 Å². The normalized spacial score (nSPS) is 21.2. The Morgan fingerprint density at radius 3 is 2.27 bits per heavy atom. The molecule has 0 unspecified atom stereocenters. The quantitative estimate of drug-likeness (QED) is 0.796. The van der Waals surface area contributed by atoms with Gasteiger partial charge in [0.1, 0.15) is 0 Å². The number of benzene rings is 1. The number of nitrogens with one attached hydrogen (secondary N) is 1. The lowest BCUT2D eigenvalue weighted by Gasteiger charge is -2.37. The summed E-state index contributed by atoms with van der Waals surface area (Å²) in [5.41, 5.74) is 5.17. The fourth-order valence-corrected chi connectivity index (χ4v) is 1.92. The Kier molecular flexibility index (Phi) is 2.96. The van der Waals surface area contributed by atoms with Gasteiger partial charge in [0, 0.05) is 18.8 Å². The number of piperidine rings is 1. The molecular weight excluding hydrogens is 184 g/mol. The van der Waals surface area contributed by atoms with E-state index in [9.17, 15) is 0 Å². The van der Waals surface area contributed by atoms with Crippen LogP contribution in [0.25, 0.3) is 0 Å². The average molecular weight is 204 g/mol. The Morgan fingerprint density at radius 1 is 1.07 bits per heavy atom. The van der Waals surface area contributed by atoms with Gasteiger partial charge in [-0.15, -0.1) is 0 Å². The topological polar surface area (TPSA) is 15.3 Å². The second kappa shape index (κ2) is 4.23. The number of nitrogens with zero attached hydrogens (tertiary/aromatic N) is 1. The number of hydrogen-bond donors (Lipinski definition) is 1. The van der Waals surface area contributed by atoms with Crippen LogP contribution in [0.4, 0.5) is 5.69 Å². The molecule has 2 heteroatoms. The summed E-state index contributed by atoms with van der Waals surface area (Å²) in [5.74, 6) is 0. The van der Waals surface area contributed by atoms with Crippen LogP contribution in [-0.4, -0.2) is 18.1 Å². The molecule has 1 aromatic carbocycles. The molecule has 1 aliphatic heterocycles. The smallest absolute Gasteiger partial charge is 0.0490 e. The minimum Gasteiger partial charge on any atom is -0.319 e. The van der Waals surface area contributed by atoms with Crippen molar-refractivity contribution in [3.05, 3.63) is 30.3 Å². The van der Waals surface area contributed by atoms with Gasteiger partial charge in [0.2, 0.25) is 0 Å². The van der Waals surface area contributed by atoms with Crippen LogP contribution in [0.2, 0.25) is 0 Å². The molecule has 2 nitrogen and oxygen atoms in total. The maximum absolute atomic E-state index is 3.45. The number of hydrazine groups is 1. The maximum atomic E-state index is 3.45. The molecule has 1 fully saturated rings. The maximum Gasteiger partial charge on any atom is 0.0490 e. The van der Waals surface area contributed by atoms with Crippen LogP contribution in [0.1, 0.15) is 26.7 Å². The van der Waals surface area contributed by atoms with Crippen molar-refractivity contribution in [2.24, 2.45) is 5.41 Å². The van der Waals surface area contributed by atoms with Gasteiger partial charge in [0.05, 0.1) is 0 Å². The van der Waals surface area contributed by atoms with E-state index in [2.05, 4.69) is 48.5 Å². The predicted octanol–water partition coefficient (Wildman–Crippen LogP) is 3.14. The van der Waals surface area contributed by atoms with Crippen LogP contribution in [0.3, 0.4) is 0 Å². The molecule has 15 heavy (non-hydrogen) atoms. The van der Waals surface area contributed by atoms with Crippen molar-refractivity contribution in [3.8, 4) is 0 Å². The molecule has 82 valence electrons. The van der Waals surface area contributed by atoms with E-state index < -0.39 is 0 Å². The van der Waals surface area contributed by atoms with Gasteiger partial charge in [-0.1, -0.05) is 32.0 Å². The first-order valence-electron chi connectivity index (χ1n) is 5.72. The molecule has 0 aliphatic carbocycles. The van der Waals surface area contributed by atoms with E-state index in [-0.39, 0.29) is 0 Å². The summed E-state index contributed by atoms with van der Waals surface area (Å²) in [6, 6.07) is 10.4. The van der Waals surface area contributed by atoms with Gasteiger partial charge in [-0.25, -0.2) is 5.01 Å². The summed E-state index contributed by atoms with van der Waals surface area (Å²) in [7, 11) is 0. The minimum atomic E-state index is 0.523. The van der Waals surface area contributed by atoms with Crippen molar-refractivity contribution in [3.63, 3.8) is 0 Å². The molecule has 0 atom stereocenters. The molecule has 0 saturated carbocycles. The number of anilines is 1.